The smallest absolute Gasteiger partial charge is 0.0510 e. The lowest BCUT2D eigenvalue weighted by Gasteiger charge is -2.33. The summed E-state index contributed by atoms with van der Waals surface area (Å²) < 4.78 is 2.43. The van der Waals surface area contributed by atoms with Gasteiger partial charge in [0, 0.05) is 86.5 Å². The molecular weight excluding hydrogens is 849 g/mol. The molecule has 0 fully saturated rings. The number of anilines is 7. The van der Waals surface area contributed by atoms with Gasteiger partial charge >= 0.3 is 0 Å². The Morgan fingerprint density at radius 3 is 1.67 bits per heavy atom. The minimum Gasteiger partial charge on any atom is -0.344 e. The molecule has 1 aromatic heterocycles. The van der Waals surface area contributed by atoms with Gasteiger partial charge in [-0.15, -0.1) is 0 Å². The van der Waals surface area contributed by atoms with E-state index in [-0.39, 0.29) is 10.8 Å². The van der Waals surface area contributed by atoms with Gasteiger partial charge in [0.05, 0.1) is 16.7 Å². The van der Waals surface area contributed by atoms with Crippen LogP contribution in [-0.2, 0) is 17.9 Å². The number of aryl methyl sites for hydroxylation is 1. The van der Waals surface area contributed by atoms with Crippen molar-refractivity contribution in [2.45, 2.75) is 51.4 Å². The Labute approximate surface area is 410 Å². The first-order chi connectivity index (χ1) is 34.1. The Morgan fingerprint density at radius 1 is 0.414 bits per heavy atom. The van der Waals surface area contributed by atoms with Gasteiger partial charge in [-0.05, 0) is 147 Å². The van der Waals surface area contributed by atoms with Crippen LogP contribution < -0.4 is 14.7 Å². The van der Waals surface area contributed by atoms with Crippen molar-refractivity contribution in [3.63, 3.8) is 0 Å². The molecule has 338 valence electrons. The number of benzene rings is 9. The molecule has 0 radical (unpaired) electrons. The number of para-hydroxylation sites is 1. The number of hydrogen-bond acceptors (Lipinski definition) is 3. The quantitative estimate of drug-likeness (QED) is 0.165. The van der Waals surface area contributed by atoms with Crippen LogP contribution in [0.4, 0.5) is 39.8 Å². The number of hydrogen-bond donors (Lipinski definition) is 0. The molecule has 4 heteroatoms. The normalized spacial score (nSPS) is 15.4. The third-order valence-corrected chi connectivity index (χ3v) is 16.5. The van der Waals surface area contributed by atoms with E-state index in [0.717, 1.165) is 29.9 Å². The van der Waals surface area contributed by atoms with E-state index in [4.69, 9.17) is 0 Å². The highest BCUT2D eigenvalue weighted by molar-refractivity contribution is 6.28. The highest BCUT2D eigenvalue weighted by Crippen LogP contribution is 2.55. The van der Waals surface area contributed by atoms with Crippen LogP contribution in [0.1, 0.15) is 62.8 Å². The number of aromatic nitrogens is 1. The molecule has 0 bridgehead atoms. The average Bonchev–Trinajstić information content (AvgIpc) is 3.91. The Morgan fingerprint density at radius 2 is 1.00 bits per heavy atom. The zero-order valence-corrected chi connectivity index (χ0v) is 40.7. The van der Waals surface area contributed by atoms with E-state index in [1.54, 1.807) is 0 Å². The molecule has 0 saturated carbocycles. The van der Waals surface area contributed by atoms with Crippen molar-refractivity contribution in [1.29, 1.82) is 0 Å². The van der Waals surface area contributed by atoms with Crippen molar-refractivity contribution < 1.29 is 0 Å². The molecule has 4 nitrogen and oxygen atoms in total. The lowest BCUT2D eigenvalue weighted by molar-refractivity contribution is 0.660. The molecular formula is C66H54N4. The van der Waals surface area contributed by atoms with Gasteiger partial charge in [0.1, 0.15) is 0 Å². The summed E-state index contributed by atoms with van der Waals surface area (Å²) in [6, 6.07) is 66.5. The largest absolute Gasteiger partial charge is 0.344 e. The molecule has 0 saturated heterocycles. The van der Waals surface area contributed by atoms with Crippen LogP contribution >= 0.6 is 0 Å². The molecule has 0 N–H and O–H groups in total. The molecule has 0 atom stereocenters. The third-order valence-electron chi connectivity index (χ3n) is 16.5. The summed E-state index contributed by atoms with van der Waals surface area (Å²) >= 11 is 0. The highest BCUT2D eigenvalue weighted by Gasteiger charge is 2.38. The summed E-state index contributed by atoms with van der Waals surface area (Å²) in [5, 5.41) is 5.17. The fourth-order valence-electron chi connectivity index (χ4n) is 13.0. The molecule has 9 aromatic carbocycles. The van der Waals surface area contributed by atoms with E-state index >= 15 is 0 Å². The standard InChI is InChI=1S/C66H54N4/c1-65(2)55-25-15-13-22-47(55)49-32-28-43(36-57(49)65)69(41-18-9-7-10-19-41)45-30-34-51-54-40-62-63(53-24-17-27-59(64(53)54)67(5)60(51)38-45)52-35-31-46(39-61(52)68(62)6)70(42-20-11-8-12-21-42)44-29-33-50-48-23-14-16-26-56(48)66(3,4)58(50)37-44/h7-11,13-20,22-40H,12,21H2,1-6H3. The summed E-state index contributed by atoms with van der Waals surface area (Å²) in [7, 11) is 4.50. The van der Waals surface area contributed by atoms with E-state index in [2.05, 4.69) is 255 Å². The number of nitrogens with zero attached hydrogens (tertiary/aromatic N) is 4. The van der Waals surface area contributed by atoms with Crippen molar-refractivity contribution in [3.8, 4) is 33.4 Å². The number of fused-ring (bicyclic) bond motifs is 12. The van der Waals surface area contributed by atoms with Gasteiger partial charge in [0.25, 0.3) is 0 Å². The minimum atomic E-state index is -0.103. The zero-order valence-electron chi connectivity index (χ0n) is 40.7. The van der Waals surface area contributed by atoms with Crippen molar-refractivity contribution in [2.75, 3.05) is 21.7 Å². The topological polar surface area (TPSA) is 14.7 Å². The van der Waals surface area contributed by atoms with E-state index in [9.17, 15) is 0 Å². The molecule has 10 aromatic rings. The number of allylic oxidation sites excluding steroid dienone is 4. The summed E-state index contributed by atoms with van der Waals surface area (Å²) in [6.45, 7) is 9.48. The molecule has 4 aliphatic rings. The third kappa shape index (κ3) is 5.65. The summed E-state index contributed by atoms with van der Waals surface area (Å²) in [6.07, 6.45) is 8.83. The monoisotopic (exact) mass is 902 g/mol. The predicted octanol–water partition coefficient (Wildman–Crippen LogP) is 17.7. The van der Waals surface area contributed by atoms with Gasteiger partial charge in [0.2, 0.25) is 0 Å². The molecule has 0 amide bonds. The average molecular weight is 903 g/mol. The first-order valence-electron chi connectivity index (χ1n) is 24.9. The van der Waals surface area contributed by atoms with Gasteiger partial charge in [0.15, 0.2) is 0 Å². The molecule has 3 aliphatic carbocycles. The highest BCUT2D eigenvalue weighted by atomic mass is 15.2. The van der Waals surface area contributed by atoms with Gasteiger partial charge in [-0.1, -0.05) is 143 Å². The fourth-order valence-corrected chi connectivity index (χ4v) is 13.0. The molecule has 70 heavy (non-hydrogen) atoms. The summed E-state index contributed by atoms with van der Waals surface area (Å²) in [5.41, 5.74) is 25.2. The van der Waals surface area contributed by atoms with E-state index < -0.39 is 0 Å². The van der Waals surface area contributed by atoms with Crippen LogP contribution in [0.2, 0.25) is 0 Å². The van der Waals surface area contributed by atoms with Crippen LogP contribution in [-0.4, -0.2) is 11.6 Å². The maximum Gasteiger partial charge on any atom is 0.0510 e. The van der Waals surface area contributed by atoms with Crippen LogP contribution in [0.25, 0.3) is 66.0 Å². The van der Waals surface area contributed by atoms with E-state index in [1.807, 2.05) is 0 Å². The van der Waals surface area contributed by atoms with Crippen molar-refractivity contribution >= 4 is 72.4 Å². The van der Waals surface area contributed by atoms with Gasteiger partial charge in [-0.2, -0.15) is 0 Å². The molecule has 0 spiro atoms. The van der Waals surface area contributed by atoms with Crippen LogP contribution in [0.5, 0.6) is 0 Å². The van der Waals surface area contributed by atoms with Crippen molar-refractivity contribution in [2.24, 2.45) is 7.05 Å². The Kier molecular flexibility index (Phi) is 8.61. The predicted molar refractivity (Wildman–Crippen MR) is 296 cm³/mol. The lowest BCUT2D eigenvalue weighted by atomic mass is 9.82. The van der Waals surface area contributed by atoms with Crippen molar-refractivity contribution in [1.82, 2.24) is 4.57 Å². The second-order valence-corrected chi connectivity index (χ2v) is 21.0. The van der Waals surface area contributed by atoms with Gasteiger partial charge in [-0.3, -0.25) is 0 Å². The maximum atomic E-state index is 2.51. The summed E-state index contributed by atoms with van der Waals surface area (Å²) in [5.74, 6) is 0. The van der Waals surface area contributed by atoms with Crippen molar-refractivity contribution in [3.05, 3.63) is 222 Å². The Hall–Kier alpha value is -8.08. The number of rotatable bonds is 6. The fraction of sp³-hybridized carbons (Fsp3) is 0.152. The van der Waals surface area contributed by atoms with Crippen LogP contribution in [0, 0.1) is 0 Å². The second-order valence-electron chi connectivity index (χ2n) is 21.0. The van der Waals surface area contributed by atoms with Crippen LogP contribution in [0.3, 0.4) is 0 Å². The van der Waals surface area contributed by atoms with E-state index in [1.165, 1.54) is 117 Å². The zero-order chi connectivity index (χ0) is 47.2. The first kappa shape index (κ1) is 40.9. The Balaban J connectivity index is 0.907. The van der Waals surface area contributed by atoms with E-state index in [0.29, 0.717) is 0 Å². The van der Waals surface area contributed by atoms with Gasteiger partial charge < -0.3 is 19.3 Å². The maximum absolute atomic E-state index is 2.51. The molecule has 2 heterocycles. The van der Waals surface area contributed by atoms with Gasteiger partial charge in [-0.25, -0.2) is 0 Å². The Bertz CT molecular complexity index is 3940. The molecule has 0 unspecified atom stereocenters. The molecule has 1 aliphatic heterocycles. The summed E-state index contributed by atoms with van der Waals surface area (Å²) in [4.78, 5) is 7.36. The minimum absolute atomic E-state index is 0.0851. The lowest BCUT2D eigenvalue weighted by Crippen LogP contribution is -2.19. The first-order valence-corrected chi connectivity index (χ1v) is 24.9. The van der Waals surface area contributed by atoms with Crippen LogP contribution in [0.15, 0.2) is 200 Å². The SMILES string of the molecule is CN1c2cc(N(c3ccccc3)c3ccc4c(c3)C(C)(C)c3ccccc3-4)ccc2-c2cc3c(c4cccc1c24)c1ccc(N(C2=CC=CCC2)c2ccc4c(c2)C(C)(C)c2ccccc2-4)cc1n3C. The molecule has 14 rings (SSSR count). The second kappa shape index (κ2) is 14.7.